The van der Waals surface area contributed by atoms with Gasteiger partial charge in [0.15, 0.2) is 11.6 Å². The van der Waals surface area contributed by atoms with Crippen molar-refractivity contribution in [2.24, 2.45) is 0 Å². The van der Waals surface area contributed by atoms with Gasteiger partial charge in [-0.25, -0.2) is 4.39 Å². The fourth-order valence-electron chi connectivity index (χ4n) is 0.758. The summed E-state index contributed by atoms with van der Waals surface area (Å²) >= 11 is 0. The topological polar surface area (TPSA) is 21.3 Å². The zero-order valence-electron chi connectivity index (χ0n) is 7.01. The van der Waals surface area contributed by atoms with Crippen LogP contribution in [-0.4, -0.2) is 6.54 Å². The lowest BCUT2D eigenvalue weighted by Crippen LogP contribution is -2.19. The van der Waals surface area contributed by atoms with Gasteiger partial charge in [-0.2, -0.15) is 5.48 Å². The third-order valence-electron chi connectivity index (χ3n) is 1.37. The largest absolute Gasteiger partial charge is 0.406 e. The summed E-state index contributed by atoms with van der Waals surface area (Å²) < 4.78 is 12.9. The zero-order chi connectivity index (χ0) is 8.81. The first-order valence-corrected chi connectivity index (χ1v) is 3.99. The van der Waals surface area contributed by atoms with E-state index in [-0.39, 0.29) is 11.6 Å². The second kappa shape index (κ2) is 4.72. The molecule has 0 bridgehead atoms. The molecule has 0 spiro atoms. The van der Waals surface area contributed by atoms with Crippen LogP contribution in [0.1, 0.15) is 13.3 Å². The molecule has 0 aliphatic rings. The maximum absolute atomic E-state index is 12.9. The Morgan fingerprint density at radius 1 is 1.42 bits per heavy atom. The molecule has 0 atom stereocenters. The highest BCUT2D eigenvalue weighted by molar-refractivity contribution is 5.23. The summed E-state index contributed by atoms with van der Waals surface area (Å²) in [6, 6.07) is 6.30. The quantitative estimate of drug-likeness (QED) is 0.550. The lowest BCUT2D eigenvalue weighted by Gasteiger charge is -2.05. The van der Waals surface area contributed by atoms with Crippen molar-refractivity contribution < 1.29 is 9.23 Å². The van der Waals surface area contributed by atoms with Gasteiger partial charge in [0.25, 0.3) is 0 Å². The second-order valence-electron chi connectivity index (χ2n) is 2.43. The molecule has 0 aliphatic heterocycles. The third-order valence-corrected chi connectivity index (χ3v) is 1.37. The summed E-state index contributed by atoms with van der Waals surface area (Å²) in [5, 5.41) is 0. The molecule has 2 nitrogen and oxygen atoms in total. The Morgan fingerprint density at radius 3 is 2.83 bits per heavy atom. The molecule has 0 unspecified atom stereocenters. The summed E-state index contributed by atoms with van der Waals surface area (Å²) in [6.07, 6.45) is 0.953. The van der Waals surface area contributed by atoms with Gasteiger partial charge in [0.05, 0.1) is 0 Å². The number of para-hydroxylation sites is 1. The van der Waals surface area contributed by atoms with Gasteiger partial charge in [0.1, 0.15) is 0 Å². The van der Waals surface area contributed by atoms with Crippen molar-refractivity contribution in [3.63, 3.8) is 0 Å². The van der Waals surface area contributed by atoms with Crippen LogP contribution >= 0.6 is 0 Å². The normalized spacial score (nSPS) is 9.83. The van der Waals surface area contributed by atoms with E-state index in [0.29, 0.717) is 6.54 Å². The number of hydrogen-bond donors (Lipinski definition) is 1. The van der Waals surface area contributed by atoms with Gasteiger partial charge in [-0.15, -0.1) is 0 Å². The molecule has 0 saturated heterocycles. The van der Waals surface area contributed by atoms with Gasteiger partial charge in [-0.05, 0) is 18.6 Å². The fourth-order valence-corrected chi connectivity index (χ4v) is 0.758. The van der Waals surface area contributed by atoms with Gasteiger partial charge >= 0.3 is 0 Å². The van der Waals surface area contributed by atoms with Crippen LogP contribution < -0.4 is 10.3 Å². The van der Waals surface area contributed by atoms with E-state index in [9.17, 15) is 4.39 Å². The van der Waals surface area contributed by atoms with Crippen LogP contribution in [0.4, 0.5) is 4.39 Å². The minimum Gasteiger partial charge on any atom is -0.406 e. The molecule has 1 N–H and O–H groups in total. The average molecular weight is 169 g/mol. The second-order valence-corrected chi connectivity index (χ2v) is 2.43. The standard InChI is InChI=1S/C9H12FNO/c1-2-7-11-12-9-6-4-3-5-8(9)10/h3-6,11H,2,7H2,1H3. The molecule has 0 aromatic heterocycles. The molecule has 0 aliphatic carbocycles. The minimum absolute atomic E-state index is 0.242. The Hall–Kier alpha value is -1.09. The Labute approximate surface area is 71.3 Å². The lowest BCUT2D eigenvalue weighted by molar-refractivity contribution is 0.187. The number of hydroxylamine groups is 1. The van der Waals surface area contributed by atoms with E-state index in [4.69, 9.17) is 4.84 Å². The molecule has 1 rings (SSSR count). The Balaban J connectivity index is 2.46. The molecular formula is C9H12FNO. The van der Waals surface area contributed by atoms with Crippen LogP contribution in [0.5, 0.6) is 5.75 Å². The average Bonchev–Trinajstić information content (AvgIpc) is 2.09. The van der Waals surface area contributed by atoms with E-state index < -0.39 is 0 Å². The number of hydrogen-bond acceptors (Lipinski definition) is 2. The van der Waals surface area contributed by atoms with E-state index in [1.165, 1.54) is 6.07 Å². The van der Waals surface area contributed by atoms with Gasteiger partial charge in [-0.1, -0.05) is 19.1 Å². The fraction of sp³-hybridized carbons (Fsp3) is 0.333. The van der Waals surface area contributed by atoms with E-state index in [1.807, 2.05) is 6.92 Å². The number of nitrogens with one attached hydrogen (secondary N) is 1. The first-order chi connectivity index (χ1) is 5.84. The van der Waals surface area contributed by atoms with Gasteiger partial charge < -0.3 is 4.84 Å². The van der Waals surface area contributed by atoms with E-state index >= 15 is 0 Å². The highest BCUT2D eigenvalue weighted by Crippen LogP contribution is 2.13. The first kappa shape index (κ1) is 9.00. The van der Waals surface area contributed by atoms with E-state index in [1.54, 1.807) is 18.2 Å². The molecule has 1 aromatic rings. The number of benzene rings is 1. The molecule has 0 fully saturated rings. The Morgan fingerprint density at radius 2 is 2.17 bits per heavy atom. The maximum Gasteiger partial charge on any atom is 0.182 e. The maximum atomic E-state index is 12.9. The van der Waals surface area contributed by atoms with Gasteiger partial charge in [-0.3, -0.25) is 0 Å². The number of rotatable bonds is 4. The van der Waals surface area contributed by atoms with E-state index in [0.717, 1.165) is 6.42 Å². The Kier molecular flexibility index (Phi) is 3.54. The van der Waals surface area contributed by atoms with Crippen LogP contribution in [-0.2, 0) is 0 Å². The molecule has 3 heteroatoms. The summed E-state index contributed by atoms with van der Waals surface area (Å²) in [6.45, 7) is 2.73. The summed E-state index contributed by atoms with van der Waals surface area (Å²) in [5.74, 6) is -0.105. The van der Waals surface area contributed by atoms with Crippen LogP contribution in [0.3, 0.4) is 0 Å². The van der Waals surface area contributed by atoms with Gasteiger partial charge in [0, 0.05) is 6.54 Å². The molecule has 0 radical (unpaired) electrons. The van der Waals surface area contributed by atoms with Crippen LogP contribution in [0, 0.1) is 5.82 Å². The Bertz CT molecular complexity index is 240. The SMILES string of the molecule is CCCNOc1ccccc1F. The van der Waals surface area contributed by atoms with Crippen molar-refractivity contribution in [1.82, 2.24) is 5.48 Å². The van der Waals surface area contributed by atoms with Crippen molar-refractivity contribution in [1.29, 1.82) is 0 Å². The van der Waals surface area contributed by atoms with Crippen molar-refractivity contribution in [3.8, 4) is 5.75 Å². The van der Waals surface area contributed by atoms with Crippen LogP contribution in [0.2, 0.25) is 0 Å². The predicted octanol–water partition coefficient (Wildman–Crippen LogP) is 2.12. The highest BCUT2D eigenvalue weighted by atomic mass is 19.1. The third kappa shape index (κ3) is 2.51. The first-order valence-electron chi connectivity index (χ1n) is 3.99. The molecule has 12 heavy (non-hydrogen) atoms. The zero-order valence-corrected chi connectivity index (χ0v) is 7.01. The summed E-state index contributed by atoms with van der Waals surface area (Å²) in [5.41, 5.74) is 2.65. The van der Waals surface area contributed by atoms with E-state index in [2.05, 4.69) is 5.48 Å². The van der Waals surface area contributed by atoms with Gasteiger partial charge in [0.2, 0.25) is 0 Å². The van der Waals surface area contributed by atoms with Crippen molar-refractivity contribution in [3.05, 3.63) is 30.1 Å². The highest BCUT2D eigenvalue weighted by Gasteiger charge is 1.99. The summed E-state index contributed by atoms with van der Waals surface area (Å²) in [4.78, 5) is 4.95. The van der Waals surface area contributed by atoms with Crippen molar-refractivity contribution in [2.75, 3.05) is 6.54 Å². The molecule has 0 heterocycles. The molecular weight excluding hydrogens is 157 g/mol. The summed E-state index contributed by atoms with van der Waals surface area (Å²) in [7, 11) is 0. The molecule has 0 saturated carbocycles. The van der Waals surface area contributed by atoms with Crippen molar-refractivity contribution >= 4 is 0 Å². The predicted molar refractivity (Wildman–Crippen MR) is 45.3 cm³/mol. The molecule has 0 amide bonds. The van der Waals surface area contributed by atoms with Crippen molar-refractivity contribution in [2.45, 2.75) is 13.3 Å². The smallest absolute Gasteiger partial charge is 0.182 e. The van der Waals surface area contributed by atoms with Crippen LogP contribution in [0.25, 0.3) is 0 Å². The molecule has 1 aromatic carbocycles. The monoisotopic (exact) mass is 169 g/mol. The molecule has 66 valence electrons. The lowest BCUT2D eigenvalue weighted by atomic mass is 10.3. The minimum atomic E-state index is -0.346. The number of halogens is 1. The van der Waals surface area contributed by atoms with Crippen LogP contribution in [0.15, 0.2) is 24.3 Å².